The topological polar surface area (TPSA) is 79.3 Å². The maximum atomic E-state index is 12.1. The van der Waals surface area contributed by atoms with Crippen molar-refractivity contribution in [2.24, 2.45) is 0 Å². The average Bonchev–Trinajstić information content (AvgIpc) is 2.39. The molecule has 0 saturated carbocycles. The minimum atomic E-state index is -3.72. The predicted molar refractivity (Wildman–Crippen MR) is 72.4 cm³/mol. The summed E-state index contributed by atoms with van der Waals surface area (Å²) in [7, 11) is -3.72. The lowest BCUT2D eigenvalue weighted by molar-refractivity contribution is 0.282. The molecule has 19 heavy (non-hydrogen) atoms. The standard InChI is InChI=1S/C12H11ClN2O3S/c13-12-6-11(4-3-9(12)8-16)19(17,18)15-10-2-1-5-14-7-10/h1-7,15-16H,8H2. The van der Waals surface area contributed by atoms with Crippen molar-refractivity contribution < 1.29 is 13.5 Å². The van der Waals surface area contributed by atoms with Crippen molar-refractivity contribution in [1.29, 1.82) is 0 Å². The van der Waals surface area contributed by atoms with Gasteiger partial charge in [0.15, 0.2) is 0 Å². The van der Waals surface area contributed by atoms with Crippen LogP contribution in [0.4, 0.5) is 5.69 Å². The average molecular weight is 299 g/mol. The molecule has 2 N–H and O–H groups in total. The second kappa shape index (κ2) is 5.56. The van der Waals surface area contributed by atoms with Crippen LogP contribution in [0.5, 0.6) is 0 Å². The minimum Gasteiger partial charge on any atom is -0.392 e. The Balaban J connectivity index is 2.32. The van der Waals surface area contributed by atoms with E-state index >= 15 is 0 Å². The van der Waals surface area contributed by atoms with Crippen LogP contribution in [0.1, 0.15) is 5.56 Å². The fourth-order valence-electron chi connectivity index (χ4n) is 1.46. The number of hydrogen-bond acceptors (Lipinski definition) is 4. The molecule has 1 heterocycles. The van der Waals surface area contributed by atoms with Crippen LogP contribution in [0.3, 0.4) is 0 Å². The zero-order valence-electron chi connectivity index (χ0n) is 9.75. The Morgan fingerprint density at radius 1 is 1.32 bits per heavy atom. The van der Waals surface area contributed by atoms with Crippen LogP contribution in [0.2, 0.25) is 5.02 Å². The first-order valence-corrected chi connectivity index (χ1v) is 7.21. The fourth-order valence-corrected chi connectivity index (χ4v) is 2.83. The molecule has 100 valence electrons. The highest BCUT2D eigenvalue weighted by Crippen LogP contribution is 2.22. The summed E-state index contributed by atoms with van der Waals surface area (Å²) >= 11 is 5.87. The molecule has 0 spiro atoms. The Morgan fingerprint density at radius 3 is 2.68 bits per heavy atom. The van der Waals surface area contributed by atoms with Crippen LogP contribution in [-0.2, 0) is 16.6 Å². The number of hydrogen-bond donors (Lipinski definition) is 2. The van der Waals surface area contributed by atoms with Crippen LogP contribution in [0.15, 0.2) is 47.6 Å². The van der Waals surface area contributed by atoms with E-state index in [1.165, 1.54) is 24.4 Å². The van der Waals surface area contributed by atoms with Gasteiger partial charge in [-0.25, -0.2) is 8.42 Å². The number of aliphatic hydroxyl groups excluding tert-OH is 1. The molecule has 0 aliphatic heterocycles. The summed E-state index contributed by atoms with van der Waals surface area (Å²) in [5.74, 6) is 0. The largest absolute Gasteiger partial charge is 0.392 e. The summed E-state index contributed by atoms with van der Waals surface area (Å²) in [6.07, 6.45) is 2.95. The first-order valence-electron chi connectivity index (χ1n) is 5.35. The Labute approximate surface area is 115 Å². The molecule has 7 heteroatoms. The van der Waals surface area contributed by atoms with Gasteiger partial charge in [-0.15, -0.1) is 0 Å². The molecule has 0 atom stereocenters. The van der Waals surface area contributed by atoms with Gasteiger partial charge in [-0.3, -0.25) is 9.71 Å². The number of sulfonamides is 1. The lowest BCUT2D eigenvalue weighted by Crippen LogP contribution is -2.13. The van der Waals surface area contributed by atoms with Crippen molar-refractivity contribution in [3.63, 3.8) is 0 Å². The number of anilines is 1. The third kappa shape index (κ3) is 3.23. The van der Waals surface area contributed by atoms with Crippen LogP contribution < -0.4 is 4.72 Å². The van der Waals surface area contributed by atoms with Crippen LogP contribution in [-0.4, -0.2) is 18.5 Å². The lowest BCUT2D eigenvalue weighted by atomic mass is 10.2. The first-order chi connectivity index (χ1) is 9.03. The zero-order chi connectivity index (χ0) is 13.9. The molecule has 1 aromatic heterocycles. The van der Waals surface area contributed by atoms with Gasteiger partial charge in [0.1, 0.15) is 0 Å². The molecule has 0 bridgehead atoms. The summed E-state index contributed by atoms with van der Waals surface area (Å²) in [5, 5.41) is 9.19. The Hall–Kier alpha value is -1.63. The first kappa shape index (κ1) is 13.8. The Morgan fingerprint density at radius 2 is 2.11 bits per heavy atom. The van der Waals surface area contributed by atoms with Gasteiger partial charge in [0.25, 0.3) is 10.0 Å². The van der Waals surface area contributed by atoms with E-state index in [-0.39, 0.29) is 16.5 Å². The number of halogens is 1. The highest BCUT2D eigenvalue weighted by atomic mass is 35.5. The van der Waals surface area contributed by atoms with Gasteiger partial charge in [0.2, 0.25) is 0 Å². The van der Waals surface area contributed by atoms with Gasteiger partial charge in [0.05, 0.1) is 23.4 Å². The second-order valence-electron chi connectivity index (χ2n) is 3.76. The van der Waals surface area contributed by atoms with Gasteiger partial charge in [0, 0.05) is 11.2 Å². The van der Waals surface area contributed by atoms with Crippen molar-refractivity contribution in [2.45, 2.75) is 11.5 Å². The number of rotatable bonds is 4. The van der Waals surface area contributed by atoms with Gasteiger partial charge >= 0.3 is 0 Å². The maximum absolute atomic E-state index is 12.1. The molecule has 0 unspecified atom stereocenters. The third-order valence-electron chi connectivity index (χ3n) is 2.42. The molecule has 0 radical (unpaired) electrons. The van der Waals surface area contributed by atoms with E-state index in [4.69, 9.17) is 16.7 Å². The van der Waals surface area contributed by atoms with Gasteiger partial charge in [-0.05, 0) is 29.8 Å². The third-order valence-corrected chi connectivity index (χ3v) is 4.15. The molecular formula is C12H11ClN2O3S. The highest BCUT2D eigenvalue weighted by Gasteiger charge is 2.15. The molecule has 2 aromatic rings. The number of nitrogens with zero attached hydrogens (tertiary/aromatic N) is 1. The minimum absolute atomic E-state index is 0.0264. The number of benzene rings is 1. The molecule has 1 aromatic carbocycles. The molecule has 0 aliphatic rings. The fraction of sp³-hybridized carbons (Fsp3) is 0.0833. The summed E-state index contributed by atoms with van der Waals surface area (Å²) in [5.41, 5.74) is 0.840. The van der Waals surface area contributed by atoms with E-state index in [0.717, 1.165) is 0 Å². The summed E-state index contributed by atoms with van der Waals surface area (Å²) < 4.78 is 26.6. The SMILES string of the molecule is O=S(=O)(Nc1cccnc1)c1ccc(CO)c(Cl)c1. The van der Waals surface area contributed by atoms with Crippen LogP contribution >= 0.6 is 11.6 Å². The predicted octanol–water partition coefficient (Wildman–Crippen LogP) is 2.03. The molecular weight excluding hydrogens is 288 g/mol. The van der Waals surface area contributed by atoms with E-state index in [2.05, 4.69) is 9.71 Å². The van der Waals surface area contributed by atoms with Gasteiger partial charge < -0.3 is 5.11 Å². The molecule has 2 rings (SSSR count). The normalized spacial score (nSPS) is 11.3. The Kier molecular flexibility index (Phi) is 4.04. The summed E-state index contributed by atoms with van der Waals surface area (Å²) in [4.78, 5) is 3.85. The van der Waals surface area contributed by atoms with Crippen LogP contribution in [0, 0.1) is 0 Å². The number of pyridine rings is 1. The van der Waals surface area contributed by atoms with E-state index in [0.29, 0.717) is 11.3 Å². The van der Waals surface area contributed by atoms with Gasteiger partial charge in [-0.2, -0.15) is 0 Å². The van der Waals surface area contributed by atoms with Crippen molar-refractivity contribution in [2.75, 3.05) is 4.72 Å². The van der Waals surface area contributed by atoms with E-state index in [1.807, 2.05) is 0 Å². The summed E-state index contributed by atoms with van der Waals surface area (Å²) in [6, 6.07) is 7.37. The number of aliphatic hydroxyl groups is 1. The molecule has 0 saturated heterocycles. The molecule has 0 aliphatic carbocycles. The molecule has 0 fully saturated rings. The van der Waals surface area contributed by atoms with Crippen LogP contribution in [0.25, 0.3) is 0 Å². The second-order valence-corrected chi connectivity index (χ2v) is 5.85. The van der Waals surface area contributed by atoms with Crippen molar-refractivity contribution in [3.8, 4) is 0 Å². The van der Waals surface area contributed by atoms with Gasteiger partial charge in [-0.1, -0.05) is 17.7 Å². The monoisotopic (exact) mass is 298 g/mol. The maximum Gasteiger partial charge on any atom is 0.261 e. The van der Waals surface area contributed by atoms with Crippen molar-refractivity contribution in [1.82, 2.24) is 4.98 Å². The lowest BCUT2D eigenvalue weighted by Gasteiger charge is -2.09. The van der Waals surface area contributed by atoms with E-state index in [1.54, 1.807) is 18.3 Å². The molecule has 0 amide bonds. The van der Waals surface area contributed by atoms with Crippen molar-refractivity contribution >= 4 is 27.3 Å². The van der Waals surface area contributed by atoms with E-state index in [9.17, 15) is 8.42 Å². The Bertz CT molecular complexity index is 675. The summed E-state index contributed by atoms with van der Waals surface area (Å²) in [6.45, 7) is -0.241. The smallest absolute Gasteiger partial charge is 0.261 e. The number of nitrogens with one attached hydrogen (secondary N) is 1. The molecule has 5 nitrogen and oxygen atoms in total. The van der Waals surface area contributed by atoms with Crippen molar-refractivity contribution in [3.05, 3.63) is 53.3 Å². The highest BCUT2D eigenvalue weighted by molar-refractivity contribution is 7.92. The van der Waals surface area contributed by atoms with E-state index < -0.39 is 10.0 Å². The quantitative estimate of drug-likeness (QED) is 0.905. The zero-order valence-corrected chi connectivity index (χ0v) is 11.3. The number of aromatic nitrogens is 1.